The van der Waals surface area contributed by atoms with Crippen molar-refractivity contribution in [3.8, 4) is 10.9 Å². The fourth-order valence-electron chi connectivity index (χ4n) is 2.75. The number of rotatable bonds is 9. The van der Waals surface area contributed by atoms with Gasteiger partial charge >= 0.3 is 0 Å². The number of hydrogen-bond acceptors (Lipinski definition) is 8. The van der Waals surface area contributed by atoms with E-state index in [1.165, 1.54) is 23.1 Å². The predicted octanol–water partition coefficient (Wildman–Crippen LogP) is 2.64. The molecule has 9 heteroatoms. The summed E-state index contributed by atoms with van der Waals surface area (Å²) in [5.41, 5.74) is 0. The zero-order chi connectivity index (χ0) is 19.8. The summed E-state index contributed by atoms with van der Waals surface area (Å²) in [4.78, 5) is 16.7. The molecule has 0 N–H and O–H groups in total. The lowest BCUT2D eigenvalue weighted by Crippen LogP contribution is -2.50. The van der Waals surface area contributed by atoms with Crippen LogP contribution in [0.5, 0.6) is 10.9 Å². The first-order valence-corrected chi connectivity index (χ1v) is 11.2. The van der Waals surface area contributed by atoms with Gasteiger partial charge in [-0.05, 0) is 37.3 Å². The maximum Gasteiger partial charge on any atom is 0.295 e. The number of benzene rings is 1. The highest BCUT2D eigenvalue weighted by molar-refractivity contribution is 8.01. The van der Waals surface area contributed by atoms with Gasteiger partial charge in [-0.1, -0.05) is 35.1 Å². The molecule has 0 radical (unpaired) electrons. The molecule has 0 aliphatic carbocycles. The van der Waals surface area contributed by atoms with Crippen molar-refractivity contribution in [2.45, 2.75) is 24.3 Å². The van der Waals surface area contributed by atoms with Crippen LogP contribution in [-0.2, 0) is 4.79 Å². The lowest BCUT2D eigenvalue weighted by atomic mass is 10.3. The zero-order valence-electron chi connectivity index (χ0n) is 16.2. The van der Waals surface area contributed by atoms with Crippen LogP contribution in [0.25, 0.3) is 0 Å². The van der Waals surface area contributed by atoms with Crippen molar-refractivity contribution < 1.29 is 14.3 Å². The summed E-state index contributed by atoms with van der Waals surface area (Å²) in [7, 11) is 0. The number of aromatic nitrogens is 2. The summed E-state index contributed by atoms with van der Waals surface area (Å²) in [5, 5.41) is 8.61. The molecule has 7 nitrogen and oxygen atoms in total. The van der Waals surface area contributed by atoms with Crippen molar-refractivity contribution in [3.05, 3.63) is 30.3 Å². The van der Waals surface area contributed by atoms with E-state index in [0.29, 0.717) is 17.6 Å². The van der Waals surface area contributed by atoms with Gasteiger partial charge in [-0.25, -0.2) is 0 Å². The minimum absolute atomic E-state index is 0.0711. The Morgan fingerprint density at radius 2 is 1.93 bits per heavy atom. The molecule has 152 valence electrons. The van der Waals surface area contributed by atoms with Gasteiger partial charge in [0, 0.05) is 32.7 Å². The van der Waals surface area contributed by atoms with Crippen LogP contribution in [-0.4, -0.2) is 77.1 Å². The molecule has 0 spiro atoms. The molecule has 0 atom stereocenters. The topological polar surface area (TPSA) is 67.8 Å². The van der Waals surface area contributed by atoms with Gasteiger partial charge in [0.1, 0.15) is 12.4 Å². The summed E-state index contributed by atoms with van der Waals surface area (Å²) >= 11 is 2.81. The van der Waals surface area contributed by atoms with Crippen LogP contribution in [0.1, 0.15) is 13.8 Å². The molecule has 3 rings (SSSR count). The standard InChI is InChI=1S/C19H26N4O3S2/c1-15(2)26-18-20-21-19(28-18)27-14-17(24)23-10-8-22(9-11-23)12-13-25-16-6-4-3-5-7-16/h3-7,15H,8-14H2,1-2H3. The van der Waals surface area contributed by atoms with Gasteiger partial charge in [0.05, 0.1) is 11.9 Å². The van der Waals surface area contributed by atoms with E-state index in [0.717, 1.165) is 42.8 Å². The second kappa shape index (κ2) is 10.6. The van der Waals surface area contributed by atoms with E-state index in [9.17, 15) is 4.79 Å². The van der Waals surface area contributed by atoms with Crippen LogP contribution < -0.4 is 9.47 Å². The summed E-state index contributed by atoms with van der Waals surface area (Å²) in [6, 6.07) is 9.84. The van der Waals surface area contributed by atoms with Crippen LogP contribution in [0, 0.1) is 0 Å². The smallest absolute Gasteiger partial charge is 0.295 e. The molecule has 2 aromatic rings. The van der Waals surface area contributed by atoms with E-state index < -0.39 is 0 Å². The molecule has 1 fully saturated rings. The molecular weight excluding hydrogens is 396 g/mol. The normalized spacial score (nSPS) is 15.0. The second-order valence-corrected chi connectivity index (χ2v) is 8.84. The van der Waals surface area contributed by atoms with E-state index in [1.54, 1.807) is 0 Å². The van der Waals surface area contributed by atoms with Crippen molar-refractivity contribution in [1.29, 1.82) is 0 Å². The van der Waals surface area contributed by atoms with Crippen LogP contribution in [0.15, 0.2) is 34.7 Å². The Kier molecular flexibility index (Phi) is 7.93. The number of thioether (sulfide) groups is 1. The second-order valence-electron chi connectivity index (χ2n) is 6.67. The van der Waals surface area contributed by atoms with Crippen LogP contribution in [0.3, 0.4) is 0 Å². The number of carbonyl (C=O) groups excluding carboxylic acids is 1. The van der Waals surface area contributed by atoms with Gasteiger partial charge in [-0.3, -0.25) is 9.69 Å². The van der Waals surface area contributed by atoms with Gasteiger partial charge in [0.25, 0.3) is 5.19 Å². The predicted molar refractivity (Wildman–Crippen MR) is 111 cm³/mol. The Hall–Kier alpha value is -1.84. The fraction of sp³-hybridized carbons (Fsp3) is 0.526. The van der Waals surface area contributed by atoms with Gasteiger partial charge < -0.3 is 14.4 Å². The molecule has 0 bridgehead atoms. The molecule has 0 saturated carbocycles. The maximum absolute atomic E-state index is 12.4. The Bertz CT molecular complexity index is 734. The van der Waals surface area contributed by atoms with Gasteiger partial charge in [0.2, 0.25) is 5.91 Å². The first-order chi connectivity index (χ1) is 13.6. The minimum Gasteiger partial charge on any atom is -0.492 e. The average molecular weight is 423 g/mol. The molecular formula is C19H26N4O3S2. The molecule has 1 aromatic heterocycles. The van der Waals surface area contributed by atoms with Gasteiger partial charge in [0.15, 0.2) is 4.34 Å². The SMILES string of the molecule is CC(C)Oc1nnc(SCC(=O)N2CCN(CCOc3ccccc3)CC2)s1. The van der Waals surface area contributed by atoms with E-state index >= 15 is 0 Å². The van der Waals surface area contributed by atoms with Gasteiger partial charge in [-0.15, -0.1) is 5.10 Å². The highest BCUT2D eigenvalue weighted by Crippen LogP contribution is 2.27. The first-order valence-electron chi connectivity index (χ1n) is 9.41. The number of hydrogen-bond donors (Lipinski definition) is 0. The van der Waals surface area contributed by atoms with E-state index in [-0.39, 0.29) is 12.0 Å². The van der Waals surface area contributed by atoms with E-state index in [2.05, 4.69) is 15.1 Å². The average Bonchev–Trinajstić information content (AvgIpc) is 3.14. The molecule has 28 heavy (non-hydrogen) atoms. The largest absolute Gasteiger partial charge is 0.492 e. The first kappa shape index (κ1) is 20.9. The van der Waals surface area contributed by atoms with Crippen LogP contribution in [0.2, 0.25) is 0 Å². The number of amides is 1. The van der Waals surface area contributed by atoms with Crippen molar-refractivity contribution in [2.75, 3.05) is 45.1 Å². The Labute approximate surface area is 174 Å². The molecule has 1 amide bonds. The Balaban J connectivity index is 1.32. The van der Waals surface area contributed by atoms with Crippen molar-refractivity contribution >= 4 is 29.0 Å². The fourth-order valence-corrected chi connectivity index (χ4v) is 4.46. The zero-order valence-corrected chi connectivity index (χ0v) is 17.9. The summed E-state index contributed by atoms with van der Waals surface area (Å²) in [6.45, 7) is 8.68. The van der Waals surface area contributed by atoms with Crippen LogP contribution >= 0.6 is 23.1 Å². The lowest BCUT2D eigenvalue weighted by molar-refractivity contribution is -0.130. The maximum atomic E-state index is 12.4. The van der Waals surface area contributed by atoms with E-state index in [1.807, 2.05) is 49.1 Å². The Morgan fingerprint density at radius 3 is 2.64 bits per heavy atom. The molecule has 0 unspecified atom stereocenters. The summed E-state index contributed by atoms with van der Waals surface area (Å²) < 4.78 is 12.0. The number of piperazine rings is 1. The minimum atomic E-state index is 0.0711. The third-order valence-electron chi connectivity index (χ3n) is 4.19. The van der Waals surface area contributed by atoms with E-state index in [4.69, 9.17) is 9.47 Å². The number of carbonyl (C=O) groups is 1. The third-order valence-corrected chi connectivity index (χ3v) is 6.12. The monoisotopic (exact) mass is 422 g/mol. The third kappa shape index (κ3) is 6.65. The number of ether oxygens (including phenoxy) is 2. The Morgan fingerprint density at radius 1 is 1.18 bits per heavy atom. The molecule has 1 aliphatic heterocycles. The molecule has 1 aromatic carbocycles. The molecule has 1 aliphatic rings. The van der Waals surface area contributed by atoms with Gasteiger partial charge in [-0.2, -0.15) is 0 Å². The van der Waals surface area contributed by atoms with Crippen molar-refractivity contribution in [1.82, 2.24) is 20.0 Å². The molecule has 2 heterocycles. The van der Waals surface area contributed by atoms with Crippen LogP contribution in [0.4, 0.5) is 0 Å². The number of para-hydroxylation sites is 1. The molecule has 1 saturated heterocycles. The number of nitrogens with zero attached hydrogens (tertiary/aromatic N) is 4. The van der Waals surface area contributed by atoms with Crippen molar-refractivity contribution in [2.24, 2.45) is 0 Å². The quantitative estimate of drug-likeness (QED) is 0.576. The van der Waals surface area contributed by atoms with Crippen molar-refractivity contribution in [3.63, 3.8) is 0 Å². The summed E-state index contributed by atoms with van der Waals surface area (Å²) in [6.07, 6.45) is 0.0711. The lowest BCUT2D eigenvalue weighted by Gasteiger charge is -2.34. The highest BCUT2D eigenvalue weighted by Gasteiger charge is 2.21. The highest BCUT2D eigenvalue weighted by atomic mass is 32.2. The summed E-state index contributed by atoms with van der Waals surface area (Å²) in [5.74, 6) is 1.42.